The number of anilines is 2. The molecule has 8 nitrogen and oxygen atoms in total. The molecule has 0 atom stereocenters. The maximum atomic E-state index is 11.4. The van der Waals surface area contributed by atoms with Crippen LogP contribution >= 0.6 is 0 Å². The third-order valence-electron chi connectivity index (χ3n) is 2.83. The Labute approximate surface area is 112 Å². The van der Waals surface area contributed by atoms with Crippen LogP contribution in [0, 0.1) is 0 Å². The first kappa shape index (κ1) is 12.0. The van der Waals surface area contributed by atoms with E-state index in [9.17, 15) is 4.21 Å². The van der Waals surface area contributed by atoms with Crippen molar-refractivity contribution in [2.24, 2.45) is 0 Å². The van der Waals surface area contributed by atoms with Gasteiger partial charge in [-0.25, -0.2) is 4.98 Å². The van der Waals surface area contributed by atoms with Crippen molar-refractivity contribution in [2.45, 2.75) is 0 Å². The topological polar surface area (TPSA) is 103 Å². The summed E-state index contributed by atoms with van der Waals surface area (Å²) < 4.78 is 13.0. The van der Waals surface area contributed by atoms with Gasteiger partial charge >= 0.3 is 0 Å². The van der Waals surface area contributed by atoms with Gasteiger partial charge in [0.15, 0.2) is 0 Å². The number of nitrogens with two attached hydrogens (primary N) is 1. The van der Waals surface area contributed by atoms with E-state index in [-0.39, 0.29) is 5.95 Å². The summed E-state index contributed by atoms with van der Waals surface area (Å²) in [5.74, 6) is 2.39. The van der Waals surface area contributed by atoms with Gasteiger partial charge in [-0.3, -0.25) is 8.78 Å². The molecule has 1 saturated heterocycles. The number of hydrogen-bond acceptors (Lipinski definition) is 7. The average Bonchev–Trinajstić information content (AvgIpc) is 2.93. The number of imidazole rings is 1. The SMILES string of the molecule is Nc1nc(N2CCS(=O)CC2)nc(-n2ccnc2)n1. The fourth-order valence-corrected chi connectivity index (χ4v) is 2.89. The van der Waals surface area contributed by atoms with E-state index in [0.717, 1.165) is 0 Å². The molecule has 9 heteroatoms. The lowest BCUT2D eigenvalue weighted by molar-refractivity contribution is 0.670. The molecule has 0 unspecified atom stereocenters. The van der Waals surface area contributed by atoms with Gasteiger partial charge in [-0.05, 0) is 0 Å². The summed E-state index contributed by atoms with van der Waals surface area (Å²) in [6.45, 7) is 1.33. The number of nitrogen functional groups attached to an aromatic ring is 1. The monoisotopic (exact) mass is 279 g/mol. The Morgan fingerprint density at radius 1 is 1.16 bits per heavy atom. The summed E-state index contributed by atoms with van der Waals surface area (Å²) in [5, 5.41) is 0. The first-order chi connectivity index (χ1) is 9.22. The molecule has 0 bridgehead atoms. The molecular formula is C10H13N7OS. The van der Waals surface area contributed by atoms with Crippen LogP contribution in [0.5, 0.6) is 0 Å². The minimum atomic E-state index is -0.734. The highest BCUT2D eigenvalue weighted by molar-refractivity contribution is 7.85. The lowest BCUT2D eigenvalue weighted by Gasteiger charge is -2.26. The first-order valence-corrected chi connectivity index (χ1v) is 7.31. The van der Waals surface area contributed by atoms with Crippen molar-refractivity contribution in [3.63, 3.8) is 0 Å². The summed E-state index contributed by atoms with van der Waals surface area (Å²) in [5.41, 5.74) is 5.72. The molecule has 0 aromatic carbocycles. The van der Waals surface area contributed by atoms with Gasteiger partial charge in [0.25, 0.3) is 0 Å². The second kappa shape index (κ2) is 4.92. The van der Waals surface area contributed by atoms with E-state index in [1.807, 2.05) is 4.90 Å². The van der Waals surface area contributed by atoms with Crippen molar-refractivity contribution >= 4 is 22.7 Å². The zero-order valence-corrected chi connectivity index (χ0v) is 11.0. The molecule has 19 heavy (non-hydrogen) atoms. The van der Waals surface area contributed by atoms with E-state index >= 15 is 0 Å². The largest absolute Gasteiger partial charge is 0.368 e. The highest BCUT2D eigenvalue weighted by Gasteiger charge is 2.19. The van der Waals surface area contributed by atoms with Crippen molar-refractivity contribution in [2.75, 3.05) is 35.2 Å². The van der Waals surface area contributed by atoms with Crippen LogP contribution in [0.15, 0.2) is 18.7 Å². The molecule has 100 valence electrons. The molecule has 0 aliphatic carbocycles. The second-order valence-corrected chi connectivity index (χ2v) is 5.79. The van der Waals surface area contributed by atoms with Crippen LogP contribution in [-0.2, 0) is 10.8 Å². The van der Waals surface area contributed by atoms with Gasteiger partial charge in [0.2, 0.25) is 17.8 Å². The van der Waals surface area contributed by atoms with Crippen LogP contribution in [0.1, 0.15) is 0 Å². The zero-order valence-electron chi connectivity index (χ0n) is 10.1. The molecule has 2 aromatic rings. The predicted molar refractivity (Wildman–Crippen MR) is 71.5 cm³/mol. The van der Waals surface area contributed by atoms with Crippen LogP contribution in [0.3, 0.4) is 0 Å². The van der Waals surface area contributed by atoms with Gasteiger partial charge in [0.1, 0.15) is 6.33 Å². The van der Waals surface area contributed by atoms with Crippen LogP contribution in [-0.4, -0.2) is 53.3 Å². The molecular weight excluding hydrogens is 266 g/mol. The van der Waals surface area contributed by atoms with Crippen LogP contribution in [0.4, 0.5) is 11.9 Å². The summed E-state index contributed by atoms with van der Waals surface area (Å²) in [4.78, 5) is 18.5. The summed E-state index contributed by atoms with van der Waals surface area (Å²) in [6.07, 6.45) is 4.98. The maximum absolute atomic E-state index is 11.4. The van der Waals surface area contributed by atoms with Gasteiger partial charge in [0, 0.05) is 47.8 Å². The third kappa shape index (κ3) is 2.55. The highest BCUT2D eigenvalue weighted by Crippen LogP contribution is 2.13. The standard InChI is InChI=1S/C10H13N7OS/c11-8-13-9(16-3-5-19(18)6-4-16)15-10(14-8)17-2-1-12-7-17/h1-2,7H,3-6H2,(H2,11,13,14,15). The molecule has 3 heterocycles. The lowest BCUT2D eigenvalue weighted by Crippen LogP contribution is -2.39. The minimum absolute atomic E-state index is 0.167. The molecule has 0 amide bonds. The smallest absolute Gasteiger partial charge is 0.241 e. The van der Waals surface area contributed by atoms with Gasteiger partial charge < -0.3 is 10.6 Å². The minimum Gasteiger partial charge on any atom is -0.368 e. The van der Waals surface area contributed by atoms with Crippen LogP contribution < -0.4 is 10.6 Å². The van der Waals surface area contributed by atoms with Gasteiger partial charge in [-0.2, -0.15) is 15.0 Å². The molecule has 1 fully saturated rings. The number of nitrogens with zero attached hydrogens (tertiary/aromatic N) is 6. The van der Waals surface area contributed by atoms with Gasteiger partial charge in [0.05, 0.1) is 0 Å². The normalized spacial score (nSPS) is 16.7. The van der Waals surface area contributed by atoms with Crippen molar-refractivity contribution < 1.29 is 4.21 Å². The Balaban J connectivity index is 1.92. The summed E-state index contributed by atoms with van der Waals surface area (Å²) in [6, 6.07) is 0. The van der Waals surface area contributed by atoms with Crippen molar-refractivity contribution in [3.8, 4) is 5.95 Å². The molecule has 1 aliphatic heterocycles. The Morgan fingerprint density at radius 2 is 1.89 bits per heavy atom. The number of aromatic nitrogens is 5. The number of hydrogen-bond donors (Lipinski definition) is 1. The van der Waals surface area contributed by atoms with Crippen molar-refractivity contribution in [1.82, 2.24) is 24.5 Å². The van der Waals surface area contributed by atoms with Crippen molar-refractivity contribution in [3.05, 3.63) is 18.7 Å². The fraction of sp³-hybridized carbons (Fsp3) is 0.400. The summed E-state index contributed by atoms with van der Waals surface area (Å²) >= 11 is 0. The molecule has 0 saturated carbocycles. The quantitative estimate of drug-likeness (QED) is 0.768. The van der Waals surface area contributed by atoms with Crippen LogP contribution in [0.2, 0.25) is 0 Å². The molecule has 2 aromatic heterocycles. The Kier molecular flexibility index (Phi) is 3.11. The third-order valence-corrected chi connectivity index (χ3v) is 4.10. The molecule has 0 spiro atoms. The zero-order chi connectivity index (χ0) is 13.2. The first-order valence-electron chi connectivity index (χ1n) is 5.82. The fourth-order valence-electron chi connectivity index (χ4n) is 1.84. The van der Waals surface area contributed by atoms with E-state index in [1.54, 1.807) is 23.3 Å². The van der Waals surface area contributed by atoms with Crippen molar-refractivity contribution in [1.29, 1.82) is 0 Å². The van der Waals surface area contributed by atoms with E-state index in [0.29, 0.717) is 36.5 Å². The molecule has 2 N–H and O–H groups in total. The van der Waals surface area contributed by atoms with Gasteiger partial charge in [-0.1, -0.05) is 0 Å². The maximum Gasteiger partial charge on any atom is 0.241 e. The molecule has 1 aliphatic rings. The molecule has 3 rings (SSSR count). The number of rotatable bonds is 2. The summed E-state index contributed by atoms with van der Waals surface area (Å²) in [7, 11) is -0.734. The Hall–Kier alpha value is -2.03. The van der Waals surface area contributed by atoms with E-state index in [1.165, 1.54) is 0 Å². The van der Waals surface area contributed by atoms with Crippen LogP contribution in [0.25, 0.3) is 5.95 Å². The van der Waals surface area contributed by atoms with E-state index in [2.05, 4.69) is 19.9 Å². The second-order valence-electron chi connectivity index (χ2n) is 4.10. The Morgan fingerprint density at radius 3 is 2.58 bits per heavy atom. The predicted octanol–water partition coefficient (Wildman–Crippen LogP) is -0.792. The molecule has 0 radical (unpaired) electrons. The van der Waals surface area contributed by atoms with E-state index in [4.69, 9.17) is 5.73 Å². The van der Waals surface area contributed by atoms with E-state index < -0.39 is 10.8 Å². The highest BCUT2D eigenvalue weighted by atomic mass is 32.2. The lowest BCUT2D eigenvalue weighted by atomic mass is 10.5. The average molecular weight is 279 g/mol. The Bertz CT molecular complexity index is 590. The van der Waals surface area contributed by atoms with Gasteiger partial charge in [-0.15, -0.1) is 0 Å².